The monoisotopic (exact) mass is 259 g/mol. The van der Waals surface area contributed by atoms with Gasteiger partial charge in [0.2, 0.25) is 0 Å². The Hall–Kier alpha value is -0.910. The lowest BCUT2D eigenvalue weighted by atomic mass is 10.4. The molecule has 0 aromatic carbocycles. The van der Waals surface area contributed by atoms with Gasteiger partial charge in [-0.05, 0) is 41.0 Å². The Balaban J connectivity index is 3.88. The summed E-state index contributed by atoms with van der Waals surface area (Å²) in [5.41, 5.74) is 0.406. The van der Waals surface area contributed by atoms with Crippen LogP contribution >= 0.6 is 0 Å². The first kappa shape index (κ1) is 17.1. The summed E-state index contributed by atoms with van der Waals surface area (Å²) >= 11 is 0. The van der Waals surface area contributed by atoms with E-state index in [0.717, 1.165) is 0 Å². The largest absolute Gasteiger partial charge is 0.462 e. The lowest BCUT2D eigenvalue weighted by Gasteiger charge is -2.24. The summed E-state index contributed by atoms with van der Waals surface area (Å²) < 4.78 is 4.99. The summed E-state index contributed by atoms with van der Waals surface area (Å²) in [6.07, 6.45) is 0.724. The molecule has 0 rings (SSSR count). The second kappa shape index (κ2) is 9.08. The number of hydrogen-bond donors (Lipinski definition) is 0. The summed E-state index contributed by atoms with van der Waals surface area (Å²) in [5, 5.41) is 1.45. The van der Waals surface area contributed by atoms with Gasteiger partial charge in [0.15, 0.2) is 0 Å². The molecule has 5 nitrogen and oxygen atoms in total. The highest BCUT2D eigenvalue weighted by Crippen LogP contribution is 2.04. The van der Waals surface area contributed by atoms with Crippen molar-refractivity contribution in [2.75, 3.05) is 13.2 Å². The minimum atomic E-state index is -0.365. The van der Waals surface area contributed by atoms with E-state index in [-0.39, 0.29) is 18.2 Å². The summed E-state index contributed by atoms with van der Waals surface area (Å²) in [5.74, 6) is -0.365. The fourth-order valence-corrected chi connectivity index (χ4v) is 1.08. The fraction of sp³-hybridized carbons (Fsp3) is 0.769. The van der Waals surface area contributed by atoms with Crippen LogP contribution in [0.15, 0.2) is 12.2 Å². The molecule has 0 fully saturated rings. The molecule has 0 saturated carbocycles. The lowest BCUT2D eigenvalue weighted by molar-refractivity contribution is -0.394. The smallest absolute Gasteiger partial charge is 0.333 e. The number of esters is 1. The predicted octanol–water partition coefficient (Wildman–Crippen LogP) is 2.48. The van der Waals surface area contributed by atoms with Crippen molar-refractivity contribution in [3.63, 3.8) is 0 Å². The Morgan fingerprint density at radius 1 is 1.17 bits per heavy atom. The van der Waals surface area contributed by atoms with Gasteiger partial charge in [0.05, 0.1) is 25.4 Å². The standard InChI is InChI=1S/C13H25NO4/c1-10(2)13(15)16-9-7-8-14(17-11(3)4)18-12(5)6/h11-12H,1,7-9H2,2-6H3. The average molecular weight is 259 g/mol. The van der Waals surface area contributed by atoms with Gasteiger partial charge in [0, 0.05) is 5.57 Å². The molecule has 0 bridgehead atoms. The second-order valence-corrected chi connectivity index (χ2v) is 4.63. The van der Waals surface area contributed by atoms with Crippen molar-refractivity contribution in [2.24, 2.45) is 0 Å². The van der Waals surface area contributed by atoms with Crippen LogP contribution in [0.2, 0.25) is 0 Å². The highest BCUT2D eigenvalue weighted by Gasteiger charge is 2.11. The van der Waals surface area contributed by atoms with Gasteiger partial charge in [0.1, 0.15) is 0 Å². The van der Waals surface area contributed by atoms with Gasteiger partial charge in [-0.3, -0.25) is 9.68 Å². The Morgan fingerprint density at radius 3 is 2.06 bits per heavy atom. The zero-order valence-corrected chi connectivity index (χ0v) is 12.1. The maximum Gasteiger partial charge on any atom is 0.333 e. The molecule has 0 aliphatic carbocycles. The van der Waals surface area contributed by atoms with Gasteiger partial charge >= 0.3 is 5.97 Å². The predicted molar refractivity (Wildman–Crippen MR) is 69.5 cm³/mol. The molecular formula is C13H25NO4. The molecule has 0 aromatic rings. The summed E-state index contributed by atoms with van der Waals surface area (Å²) in [6.45, 7) is 13.7. The third-order valence-corrected chi connectivity index (χ3v) is 1.72. The lowest BCUT2D eigenvalue weighted by Crippen LogP contribution is -2.32. The molecule has 0 saturated heterocycles. The van der Waals surface area contributed by atoms with E-state index in [0.29, 0.717) is 25.1 Å². The number of hydrogen-bond acceptors (Lipinski definition) is 5. The van der Waals surface area contributed by atoms with E-state index in [4.69, 9.17) is 14.4 Å². The minimum Gasteiger partial charge on any atom is -0.462 e. The number of hydroxylamine groups is 2. The first-order valence-electron chi connectivity index (χ1n) is 6.26. The van der Waals surface area contributed by atoms with Crippen LogP contribution in [-0.2, 0) is 19.2 Å². The second-order valence-electron chi connectivity index (χ2n) is 4.63. The Bertz CT molecular complexity index is 254. The number of rotatable bonds is 9. The topological polar surface area (TPSA) is 48.0 Å². The zero-order valence-electron chi connectivity index (χ0n) is 12.1. The Kier molecular flexibility index (Phi) is 8.62. The first-order chi connectivity index (χ1) is 8.32. The third-order valence-electron chi connectivity index (χ3n) is 1.72. The molecule has 0 unspecified atom stereocenters. The molecule has 0 aliphatic rings. The van der Waals surface area contributed by atoms with Crippen LogP contribution in [0.3, 0.4) is 0 Å². The third kappa shape index (κ3) is 9.15. The Morgan fingerprint density at radius 2 is 1.67 bits per heavy atom. The van der Waals surface area contributed by atoms with Gasteiger partial charge in [-0.2, -0.15) is 0 Å². The zero-order chi connectivity index (χ0) is 14.1. The van der Waals surface area contributed by atoms with Crippen molar-refractivity contribution in [3.05, 3.63) is 12.2 Å². The van der Waals surface area contributed by atoms with Gasteiger partial charge in [-0.25, -0.2) is 4.79 Å². The van der Waals surface area contributed by atoms with E-state index < -0.39 is 0 Å². The molecule has 18 heavy (non-hydrogen) atoms. The molecule has 0 N–H and O–H groups in total. The molecule has 0 aliphatic heterocycles. The highest BCUT2D eigenvalue weighted by atomic mass is 17.0. The Labute approximate surface area is 110 Å². The molecule has 0 amide bonds. The molecule has 5 heteroatoms. The van der Waals surface area contributed by atoms with Crippen LogP contribution in [-0.4, -0.2) is 36.6 Å². The van der Waals surface area contributed by atoms with Crippen molar-refractivity contribution in [1.29, 1.82) is 0 Å². The van der Waals surface area contributed by atoms with Crippen LogP contribution in [0.4, 0.5) is 0 Å². The normalized spacial score (nSPS) is 11.3. The molecule has 0 heterocycles. The number of carbonyl (C=O) groups is 1. The van der Waals surface area contributed by atoms with Crippen LogP contribution in [0, 0.1) is 0 Å². The summed E-state index contributed by atoms with van der Waals surface area (Å²) in [7, 11) is 0. The number of ether oxygens (including phenoxy) is 1. The maximum absolute atomic E-state index is 11.1. The summed E-state index contributed by atoms with van der Waals surface area (Å²) in [6, 6.07) is 0. The van der Waals surface area contributed by atoms with Crippen LogP contribution in [0.5, 0.6) is 0 Å². The van der Waals surface area contributed by atoms with Gasteiger partial charge in [0.25, 0.3) is 0 Å². The molecule has 0 radical (unpaired) electrons. The van der Waals surface area contributed by atoms with Gasteiger partial charge in [-0.1, -0.05) is 11.8 Å². The number of nitrogens with zero attached hydrogens (tertiary/aromatic N) is 1. The van der Waals surface area contributed by atoms with Crippen LogP contribution in [0.25, 0.3) is 0 Å². The quantitative estimate of drug-likeness (QED) is 0.275. The molecule has 0 spiro atoms. The molecular weight excluding hydrogens is 234 g/mol. The van der Waals surface area contributed by atoms with E-state index in [1.54, 1.807) is 6.92 Å². The molecule has 106 valence electrons. The summed E-state index contributed by atoms with van der Waals surface area (Å²) in [4.78, 5) is 22.1. The van der Waals surface area contributed by atoms with Crippen LogP contribution in [0.1, 0.15) is 41.0 Å². The van der Waals surface area contributed by atoms with Crippen molar-refractivity contribution in [2.45, 2.75) is 53.2 Å². The first-order valence-corrected chi connectivity index (χ1v) is 6.26. The van der Waals surface area contributed by atoms with E-state index in [9.17, 15) is 4.79 Å². The van der Waals surface area contributed by atoms with E-state index in [1.807, 2.05) is 27.7 Å². The number of carbonyl (C=O) groups excluding carboxylic acids is 1. The van der Waals surface area contributed by atoms with Gasteiger partial charge in [-0.15, -0.1) is 0 Å². The van der Waals surface area contributed by atoms with E-state index >= 15 is 0 Å². The van der Waals surface area contributed by atoms with Crippen molar-refractivity contribution in [3.8, 4) is 0 Å². The minimum absolute atomic E-state index is 0.0433. The van der Waals surface area contributed by atoms with Gasteiger partial charge < -0.3 is 4.74 Å². The van der Waals surface area contributed by atoms with Crippen molar-refractivity contribution in [1.82, 2.24) is 5.23 Å². The fourth-order valence-electron chi connectivity index (χ4n) is 1.08. The van der Waals surface area contributed by atoms with Crippen LogP contribution < -0.4 is 0 Å². The van der Waals surface area contributed by atoms with E-state index in [1.165, 1.54) is 5.23 Å². The SMILES string of the molecule is C=C(C)C(=O)OCCCN(OC(C)C)OC(C)C. The van der Waals surface area contributed by atoms with Crippen molar-refractivity contribution >= 4 is 5.97 Å². The van der Waals surface area contributed by atoms with Crippen molar-refractivity contribution < 1.29 is 19.2 Å². The maximum atomic E-state index is 11.1. The highest BCUT2D eigenvalue weighted by molar-refractivity contribution is 5.86. The van der Waals surface area contributed by atoms with E-state index in [2.05, 4.69) is 6.58 Å². The molecule has 0 atom stereocenters. The molecule has 0 aromatic heterocycles. The average Bonchev–Trinajstić information content (AvgIpc) is 2.21.